The van der Waals surface area contributed by atoms with Gasteiger partial charge in [-0.15, -0.1) is 0 Å². The van der Waals surface area contributed by atoms with Crippen molar-refractivity contribution in [3.8, 4) is 5.75 Å². The summed E-state index contributed by atoms with van der Waals surface area (Å²) in [6.07, 6.45) is 0.456. The highest BCUT2D eigenvalue weighted by Crippen LogP contribution is 2.40. The first-order chi connectivity index (χ1) is 14.9. The highest BCUT2D eigenvalue weighted by molar-refractivity contribution is 6.46. The Hall–Kier alpha value is -3.72. The van der Waals surface area contributed by atoms with Gasteiger partial charge < -0.3 is 19.5 Å². The summed E-state index contributed by atoms with van der Waals surface area (Å²) < 4.78 is 10.1. The van der Waals surface area contributed by atoms with E-state index in [1.165, 1.54) is 37.3 Å². The van der Waals surface area contributed by atoms with Gasteiger partial charge in [0.05, 0.1) is 23.6 Å². The van der Waals surface area contributed by atoms with Crippen molar-refractivity contribution < 1.29 is 29.1 Å². The topological polar surface area (TPSA) is 119 Å². The quantitative estimate of drug-likeness (QED) is 0.172. The number of nitro groups is 1. The van der Waals surface area contributed by atoms with Gasteiger partial charge in [0, 0.05) is 38.0 Å². The molecule has 1 atom stereocenters. The molecule has 0 bridgehead atoms. The van der Waals surface area contributed by atoms with Crippen molar-refractivity contribution in [2.75, 3.05) is 27.4 Å². The van der Waals surface area contributed by atoms with Gasteiger partial charge in [0.15, 0.2) is 0 Å². The molecular formula is C22H22N2O7. The van der Waals surface area contributed by atoms with Crippen LogP contribution in [0.2, 0.25) is 0 Å². The summed E-state index contributed by atoms with van der Waals surface area (Å²) in [5.41, 5.74) is 0.393. The predicted molar refractivity (Wildman–Crippen MR) is 112 cm³/mol. The Morgan fingerprint density at radius 2 is 1.87 bits per heavy atom. The molecule has 0 saturated carbocycles. The fourth-order valence-corrected chi connectivity index (χ4v) is 3.55. The molecule has 1 N–H and O–H groups in total. The Kier molecular flexibility index (Phi) is 6.66. The lowest BCUT2D eigenvalue weighted by molar-refractivity contribution is -0.384. The predicted octanol–water partition coefficient (Wildman–Crippen LogP) is 3.06. The minimum Gasteiger partial charge on any atom is -0.507 e. The number of ether oxygens (including phenoxy) is 2. The lowest BCUT2D eigenvalue weighted by Crippen LogP contribution is -2.31. The number of nitrogens with zero attached hydrogens (tertiary/aromatic N) is 2. The monoisotopic (exact) mass is 426 g/mol. The van der Waals surface area contributed by atoms with Gasteiger partial charge >= 0.3 is 0 Å². The molecule has 1 amide bonds. The highest BCUT2D eigenvalue weighted by Gasteiger charge is 2.46. The molecule has 9 nitrogen and oxygen atoms in total. The SMILES string of the molecule is COCCCN1C(=O)C(=O)C(=C(O)c2ccc(OC)cc2)[C@H]1c1cccc([N+](=O)[O-])c1. The van der Waals surface area contributed by atoms with Gasteiger partial charge in [0.2, 0.25) is 0 Å². The summed E-state index contributed by atoms with van der Waals surface area (Å²) in [5, 5.41) is 22.2. The van der Waals surface area contributed by atoms with E-state index in [0.29, 0.717) is 29.9 Å². The maximum Gasteiger partial charge on any atom is 0.295 e. The van der Waals surface area contributed by atoms with Gasteiger partial charge in [0.25, 0.3) is 17.4 Å². The van der Waals surface area contributed by atoms with E-state index in [-0.39, 0.29) is 23.6 Å². The summed E-state index contributed by atoms with van der Waals surface area (Å²) >= 11 is 0. The van der Waals surface area contributed by atoms with Crippen molar-refractivity contribution >= 4 is 23.1 Å². The standard InChI is InChI=1S/C22H22N2O7/c1-30-12-4-11-23-19(15-5-3-6-16(13-15)24(28)29)18(21(26)22(23)27)20(25)14-7-9-17(31-2)10-8-14/h3,5-10,13,19,25H,4,11-12H2,1-2H3/t19-/m1/s1. The molecule has 3 rings (SSSR count). The number of Topliss-reactive ketones (excluding diaryl/α,β-unsaturated/α-hetero) is 1. The molecule has 1 saturated heterocycles. The van der Waals surface area contributed by atoms with E-state index in [1.807, 2.05) is 0 Å². The molecule has 0 aliphatic carbocycles. The lowest BCUT2D eigenvalue weighted by atomic mass is 9.95. The zero-order chi connectivity index (χ0) is 22.5. The minimum absolute atomic E-state index is 0.118. The Labute approximate surface area is 178 Å². The Bertz CT molecular complexity index is 1030. The van der Waals surface area contributed by atoms with Gasteiger partial charge in [0.1, 0.15) is 11.5 Å². The first kappa shape index (κ1) is 22.0. The van der Waals surface area contributed by atoms with E-state index in [2.05, 4.69) is 0 Å². The fraction of sp³-hybridized carbons (Fsp3) is 0.273. The van der Waals surface area contributed by atoms with E-state index in [4.69, 9.17) is 9.47 Å². The molecule has 0 aromatic heterocycles. The second-order valence-electron chi connectivity index (χ2n) is 6.92. The average Bonchev–Trinajstić information content (AvgIpc) is 3.04. The van der Waals surface area contributed by atoms with Crippen molar-refractivity contribution in [1.82, 2.24) is 4.90 Å². The number of hydrogen-bond donors (Lipinski definition) is 1. The van der Waals surface area contributed by atoms with Gasteiger partial charge in [-0.1, -0.05) is 12.1 Å². The van der Waals surface area contributed by atoms with Crippen molar-refractivity contribution in [1.29, 1.82) is 0 Å². The third kappa shape index (κ3) is 4.41. The number of rotatable bonds is 8. The third-order valence-corrected chi connectivity index (χ3v) is 5.05. The molecule has 2 aromatic carbocycles. The molecule has 1 aliphatic rings. The van der Waals surface area contributed by atoms with E-state index in [0.717, 1.165) is 0 Å². The summed E-state index contributed by atoms with van der Waals surface area (Å²) in [5.74, 6) is -1.41. The number of aliphatic hydroxyl groups is 1. The summed E-state index contributed by atoms with van der Waals surface area (Å²) in [6.45, 7) is 0.550. The van der Waals surface area contributed by atoms with E-state index in [9.17, 15) is 24.8 Å². The Balaban J connectivity index is 2.14. The van der Waals surface area contributed by atoms with Crippen LogP contribution in [0.1, 0.15) is 23.6 Å². The summed E-state index contributed by atoms with van der Waals surface area (Å²) in [4.78, 5) is 37.7. The molecule has 1 aliphatic heterocycles. The van der Waals surface area contributed by atoms with Crippen LogP contribution in [0.25, 0.3) is 5.76 Å². The number of carbonyl (C=O) groups is 2. The van der Waals surface area contributed by atoms with E-state index < -0.39 is 22.7 Å². The number of non-ortho nitro benzene ring substituents is 1. The lowest BCUT2D eigenvalue weighted by Gasteiger charge is -2.25. The average molecular weight is 426 g/mol. The number of aliphatic hydroxyl groups excluding tert-OH is 1. The second-order valence-corrected chi connectivity index (χ2v) is 6.92. The number of nitro benzene ring substituents is 1. The van der Waals surface area contributed by atoms with Crippen LogP contribution in [0.4, 0.5) is 5.69 Å². The molecule has 0 spiro atoms. The maximum atomic E-state index is 12.9. The van der Waals surface area contributed by atoms with Crippen LogP contribution in [0.5, 0.6) is 5.75 Å². The van der Waals surface area contributed by atoms with Crippen molar-refractivity contribution in [2.45, 2.75) is 12.5 Å². The van der Waals surface area contributed by atoms with Crippen molar-refractivity contribution in [2.24, 2.45) is 0 Å². The molecule has 1 fully saturated rings. The smallest absolute Gasteiger partial charge is 0.295 e. The number of benzene rings is 2. The van der Waals surface area contributed by atoms with Crippen molar-refractivity contribution in [3.05, 3.63) is 75.3 Å². The van der Waals surface area contributed by atoms with E-state index in [1.54, 1.807) is 30.3 Å². The number of ketones is 1. The number of amides is 1. The molecule has 162 valence electrons. The zero-order valence-corrected chi connectivity index (χ0v) is 17.1. The van der Waals surface area contributed by atoms with Crippen LogP contribution < -0.4 is 4.74 Å². The number of hydrogen-bond acceptors (Lipinski definition) is 7. The summed E-state index contributed by atoms with van der Waals surface area (Å²) in [6, 6.07) is 11.1. The van der Waals surface area contributed by atoms with E-state index >= 15 is 0 Å². The largest absolute Gasteiger partial charge is 0.507 e. The normalized spacial score (nSPS) is 17.7. The van der Waals surface area contributed by atoms with Gasteiger partial charge in [-0.3, -0.25) is 19.7 Å². The highest BCUT2D eigenvalue weighted by atomic mass is 16.6. The summed E-state index contributed by atoms with van der Waals surface area (Å²) in [7, 11) is 3.03. The van der Waals surface area contributed by atoms with Gasteiger partial charge in [-0.25, -0.2) is 0 Å². The molecule has 1 heterocycles. The third-order valence-electron chi connectivity index (χ3n) is 5.05. The Morgan fingerprint density at radius 1 is 1.16 bits per heavy atom. The van der Waals surface area contributed by atoms with Crippen LogP contribution in [0.3, 0.4) is 0 Å². The number of likely N-dealkylation sites (tertiary alicyclic amines) is 1. The molecule has 9 heteroatoms. The zero-order valence-electron chi connectivity index (χ0n) is 17.1. The molecule has 0 unspecified atom stereocenters. The molecule has 31 heavy (non-hydrogen) atoms. The molecule has 0 radical (unpaired) electrons. The van der Waals surface area contributed by atoms with Crippen molar-refractivity contribution in [3.63, 3.8) is 0 Å². The second kappa shape index (κ2) is 9.40. The van der Waals surface area contributed by atoms with Crippen LogP contribution in [-0.2, 0) is 14.3 Å². The van der Waals surface area contributed by atoms with Crippen LogP contribution in [0.15, 0.2) is 54.1 Å². The first-order valence-electron chi connectivity index (χ1n) is 9.55. The van der Waals surface area contributed by atoms with Crippen LogP contribution in [-0.4, -0.2) is 54.0 Å². The van der Waals surface area contributed by atoms with Gasteiger partial charge in [-0.05, 0) is 36.2 Å². The fourth-order valence-electron chi connectivity index (χ4n) is 3.55. The molecular weight excluding hydrogens is 404 g/mol. The first-order valence-corrected chi connectivity index (χ1v) is 9.55. The molecule has 2 aromatic rings. The van der Waals surface area contributed by atoms with Gasteiger partial charge in [-0.2, -0.15) is 0 Å². The van der Waals surface area contributed by atoms with Crippen LogP contribution in [0, 0.1) is 10.1 Å². The maximum absolute atomic E-state index is 12.9. The Morgan fingerprint density at radius 3 is 2.48 bits per heavy atom. The number of methoxy groups -OCH3 is 2. The van der Waals surface area contributed by atoms with Crippen LogP contribution >= 0.6 is 0 Å². The number of carbonyl (C=O) groups excluding carboxylic acids is 2. The minimum atomic E-state index is -0.959.